The Balaban J connectivity index is 1.96. The highest BCUT2D eigenvalue weighted by Gasteiger charge is 2.21. The van der Waals surface area contributed by atoms with Crippen molar-refractivity contribution in [1.29, 1.82) is 0 Å². The zero-order valence-electron chi connectivity index (χ0n) is 21.2. The molecule has 3 aromatic carbocycles. The Bertz CT molecular complexity index is 1320. The van der Waals surface area contributed by atoms with E-state index in [1.54, 1.807) is 24.3 Å². The van der Waals surface area contributed by atoms with Gasteiger partial charge in [-0.15, -0.1) is 0 Å². The minimum Gasteiger partial charge on any atom is -0.478 e. The molecule has 8 nitrogen and oxygen atoms in total. The van der Waals surface area contributed by atoms with Gasteiger partial charge in [0.05, 0.1) is 0 Å². The van der Waals surface area contributed by atoms with E-state index in [-0.39, 0.29) is 5.92 Å². The number of anilines is 2. The Kier molecular flexibility index (Phi) is 8.95. The Labute approximate surface area is 220 Å². The fourth-order valence-corrected chi connectivity index (χ4v) is 4.35. The largest absolute Gasteiger partial charge is 0.478 e. The summed E-state index contributed by atoms with van der Waals surface area (Å²) in [7, 11) is 0. The van der Waals surface area contributed by atoms with Gasteiger partial charge in [-0.2, -0.15) is 0 Å². The summed E-state index contributed by atoms with van der Waals surface area (Å²) < 4.78 is 0. The van der Waals surface area contributed by atoms with Crippen molar-refractivity contribution in [3.8, 4) is 0 Å². The number of carboxylic acids is 2. The van der Waals surface area contributed by atoms with E-state index in [2.05, 4.69) is 36.6 Å². The smallest absolute Gasteiger partial charge is 0.328 e. The highest BCUT2D eigenvalue weighted by atomic mass is 16.4. The summed E-state index contributed by atoms with van der Waals surface area (Å²) >= 11 is 0. The molecule has 0 fully saturated rings. The molecule has 8 heteroatoms. The van der Waals surface area contributed by atoms with E-state index in [0.29, 0.717) is 11.4 Å². The second-order valence-electron chi connectivity index (χ2n) is 8.81. The van der Waals surface area contributed by atoms with Crippen molar-refractivity contribution in [2.45, 2.75) is 26.7 Å². The van der Waals surface area contributed by atoms with Crippen LogP contribution in [-0.2, 0) is 19.2 Å². The molecule has 3 rings (SSSR count). The van der Waals surface area contributed by atoms with E-state index in [9.17, 15) is 19.2 Å². The molecule has 0 radical (unpaired) electrons. The third kappa shape index (κ3) is 7.51. The predicted molar refractivity (Wildman–Crippen MR) is 145 cm³/mol. The van der Waals surface area contributed by atoms with Crippen LogP contribution in [0.25, 0.3) is 0 Å². The SMILES string of the molecule is Cc1cc(C)c(C(c2ccc(NC(=O)/C=C/C(=O)O)cc2)c2ccc(NC(=O)/C=C/C(=O)O)cc2)c(C)c1. The van der Waals surface area contributed by atoms with Gasteiger partial charge in [-0.25, -0.2) is 9.59 Å². The van der Waals surface area contributed by atoms with Gasteiger partial charge in [0.25, 0.3) is 0 Å². The molecule has 2 amide bonds. The quantitative estimate of drug-likeness (QED) is 0.237. The van der Waals surface area contributed by atoms with Crippen molar-refractivity contribution >= 4 is 35.1 Å². The molecule has 0 bridgehead atoms. The summed E-state index contributed by atoms with van der Waals surface area (Å²) in [5, 5.41) is 22.7. The summed E-state index contributed by atoms with van der Waals surface area (Å²) in [5.41, 5.74) is 7.54. The summed E-state index contributed by atoms with van der Waals surface area (Å²) in [6.07, 6.45) is 3.46. The van der Waals surface area contributed by atoms with Gasteiger partial charge in [0.1, 0.15) is 0 Å². The average Bonchev–Trinajstić information content (AvgIpc) is 2.85. The van der Waals surface area contributed by atoms with Crippen LogP contribution in [0.1, 0.15) is 39.3 Å². The van der Waals surface area contributed by atoms with Crippen LogP contribution in [0, 0.1) is 20.8 Å². The molecular weight excluding hydrogens is 484 g/mol. The van der Waals surface area contributed by atoms with Gasteiger partial charge in [0, 0.05) is 41.6 Å². The van der Waals surface area contributed by atoms with E-state index < -0.39 is 23.8 Å². The van der Waals surface area contributed by atoms with Crippen molar-refractivity contribution in [1.82, 2.24) is 0 Å². The molecule has 0 aliphatic carbocycles. The maximum absolute atomic E-state index is 12.0. The van der Waals surface area contributed by atoms with Crippen LogP contribution in [0.4, 0.5) is 11.4 Å². The number of carbonyl (C=O) groups excluding carboxylic acids is 2. The monoisotopic (exact) mass is 512 g/mol. The standard InChI is InChI=1S/C30H28N2O6/c1-18-16-19(2)29(20(3)17-18)30(21-4-8-23(9-5-21)31-25(33)12-14-27(35)36)22-6-10-24(11-7-22)32-26(34)13-15-28(37)38/h4-17,30H,1-3H3,(H,31,33)(H,32,34)(H,35,36)(H,37,38)/b14-12+,15-13+. The summed E-state index contributed by atoms with van der Waals surface area (Å²) in [4.78, 5) is 45.2. The summed E-state index contributed by atoms with van der Waals surface area (Å²) in [6.45, 7) is 6.18. The lowest BCUT2D eigenvalue weighted by Gasteiger charge is -2.24. The molecule has 0 atom stereocenters. The van der Waals surface area contributed by atoms with E-state index in [1.807, 2.05) is 31.2 Å². The number of nitrogens with one attached hydrogen (secondary N) is 2. The first kappa shape index (κ1) is 27.6. The number of carboxylic acid groups (broad SMARTS) is 2. The molecule has 4 N–H and O–H groups in total. The molecule has 0 unspecified atom stereocenters. The van der Waals surface area contributed by atoms with Crippen molar-refractivity contribution in [2.24, 2.45) is 0 Å². The Hall–Kier alpha value is -4.98. The third-order valence-corrected chi connectivity index (χ3v) is 5.80. The van der Waals surface area contributed by atoms with Gasteiger partial charge in [-0.05, 0) is 72.9 Å². The van der Waals surface area contributed by atoms with Crippen molar-refractivity contribution in [2.75, 3.05) is 10.6 Å². The summed E-state index contributed by atoms with van der Waals surface area (Å²) in [6, 6.07) is 18.9. The fraction of sp³-hybridized carbons (Fsp3) is 0.133. The molecule has 3 aromatic rings. The number of hydrogen-bond acceptors (Lipinski definition) is 4. The van der Waals surface area contributed by atoms with Crippen LogP contribution in [0.15, 0.2) is 85.0 Å². The lowest BCUT2D eigenvalue weighted by Crippen LogP contribution is -2.11. The zero-order valence-corrected chi connectivity index (χ0v) is 21.2. The van der Waals surface area contributed by atoms with Gasteiger partial charge < -0.3 is 20.8 Å². The minimum absolute atomic E-state index is 0.149. The number of aryl methyl sites for hydroxylation is 3. The first-order chi connectivity index (χ1) is 18.0. The van der Waals surface area contributed by atoms with Gasteiger partial charge >= 0.3 is 11.9 Å². The highest BCUT2D eigenvalue weighted by Crippen LogP contribution is 2.37. The van der Waals surface area contributed by atoms with E-state index >= 15 is 0 Å². The maximum atomic E-state index is 12.0. The zero-order chi connectivity index (χ0) is 27.8. The molecule has 0 aromatic heterocycles. The van der Waals surface area contributed by atoms with Crippen LogP contribution < -0.4 is 10.6 Å². The molecule has 0 aliphatic heterocycles. The van der Waals surface area contributed by atoms with Crippen molar-refractivity contribution in [3.63, 3.8) is 0 Å². The van der Waals surface area contributed by atoms with E-state index in [1.165, 1.54) is 0 Å². The van der Waals surface area contributed by atoms with E-state index in [4.69, 9.17) is 10.2 Å². The lowest BCUT2D eigenvalue weighted by atomic mass is 9.80. The third-order valence-electron chi connectivity index (χ3n) is 5.80. The van der Waals surface area contributed by atoms with Crippen LogP contribution in [-0.4, -0.2) is 34.0 Å². The second kappa shape index (κ2) is 12.3. The molecule has 0 heterocycles. The van der Waals surface area contributed by atoms with Gasteiger partial charge in [0.15, 0.2) is 0 Å². The average molecular weight is 513 g/mol. The van der Waals surface area contributed by atoms with Crippen molar-refractivity contribution in [3.05, 3.63) is 118 Å². The van der Waals surface area contributed by atoms with Crippen molar-refractivity contribution < 1.29 is 29.4 Å². The first-order valence-electron chi connectivity index (χ1n) is 11.7. The van der Waals surface area contributed by atoms with Crippen LogP contribution in [0.2, 0.25) is 0 Å². The van der Waals surface area contributed by atoms with Gasteiger partial charge in [-0.1, -0.05) is 42.0 Å². The second-order valence-corrected chi connectivity index (χ2v) is 8.81. The summed E-state index contributed by atoms with van der Waals surface area (Å²) in [5.74, 6) is -3.64. The minimum atomic E-state index is -1.20. The fourth-order valence-electron chi connectivity index (χ4n) is 4.35. The number of carbonyl (C=O) groups is 4. The predicted octanol–water partition coefficient (Wildman–Crippen LogP) is 4.95. The highest BCUT2D eigenvalue weighted by molar-refractivity contribution is 6.03. The molecule has 194 valence electrons. The Morgan fingerprint density at radius 3 is 1.34 bits per heavy atom. The maximum Gasteiger partial charge on any atom is 0.328 e. The molecule has 0 saturated heterocycles. The Morgan fingerprint density at radius 1 is 0.632 bits per heavy atom. The normalized spacial score (nSPS) is 11.2. The van der Waals surface area contributed by atoms with Crippen LogP contribution >= 0.6 is 0 Å². The molecule has 0 saturated carbocycles. The first-order valence-corrected chi connectivity index (χ1v) is 11.7. The lowest BCUT2D eigenvalue weighted by molar-refractivity contribution is -0.132. The van der Waals surface area contributed by atoms with E-state index in [0.717, 1.165) is 57.7 Å². The van der Waals surface area contributed by atoms with Crippen LogP contribution in [0.5, 0.6) is 0 Å². The number of amides is 2. The molecule has 0 spiro atoms. The number of benzene rings is 3. The Morgan fingerprint density at radius 2 is 1.00 bits per heavy atom. The molecule has 38 heavy (non-hydrogen) atoms. The van der Waals surface area contributed by atoms with Crippen LogP contribution in [0.3, 0.4) is 0 Å². The molecule has 0 aliphatic rings. The number of rotatable bonds is 9. The molecular formula is C30H28N2O6. The number of aliphatic carboxylic acids is 2. The van der Waals surface area contributed by atoms with Gasteiger partial charge in [-0.3, -0.25) is 9.59 Å². The topological polar surface area (TPSA) is 133 Å². The number of hydrogen-bond donors (Lipinski definition) is 4. The van der Waals surface area contributed by atoms with Gasteiger partial charge in [0.2, 0.25) is 11.8 Å².